The molecule has 0 atom stereocenters. The van der Waals surface area contributed by atoms with Gasteiger partial charge in [-0.2, -0.15) is 10.5 Å². The molecule has 3 heterocycles. The fourth-order valence-corrected chi connectivity index (χ4v) is 14.4. The van der Waals surface area contributed by atoms with Crippen LogP contribution in [0.3, 0.4) is 0 Å². The van der Waals surface area contributed by atoms with Crippen molar-refractivity contribution >= 4 is 73.2 Å². The van der Waals surface area contributed by atoms with E-state index >= 15 is 0 Å². The number of hydrogen-bond acceptors (Lipinski definition) is 13. The third kappa shape index (κ3) is 14.4. The third-order valence-electron chi connectivity index (χ3n) is 20.1. The molecule has 0 saturated heterocycles. The van der Waals surface area contributed by atoms with E-state index in [9.17, 15) is 29.7 Å². The summed E-state index contributed by atoms with van der Waals surface area (Å²) in [5.74, 6) is -1.63. The first-order valence-corrected chi connectivity index (χ1v) is 36.6. The third-order valence-corrected chi connectivity index (χ3v) is 20.1. The molecule has 0 fully saturated rings. The van der Waals surface area contributed by atoms with Crippen LogP contribution >= 0.6 is 0 Å². The van der Waals surface area contributed by atoms with Crippen molar-refractivity contribution in [2.24, 2.45) is 0 Å². The van der Waals surface area contributed by atoms with Gasteiger partial charge in [-0.3, -0.25) is 0 Å². The van der Waals surface area contributed by atoms with Crippen LogP contribution < -0.4 is 0 Å². The lowest BCUT2D eigenvalue weighted by atomic mass is 9.98. The Labute approximate surface area is 654 Å². The maximum absolute atomic E-state index is 14.3. The Bertz CT molecular complexity index is 6220. The van der Waals surface area contributed by atoms with Crippen molar-refractivity contribution in [3.8, 4) is 91.1 Å². The standard InChI is InChI=1S/C98H62N8O8/c1-101-78-30-17-29-70(49-78)72-37-43-91(106-88-46-40-75(97(109)113-60-64-22-10-4-11-23-64)54-82(88)83-55-76(41-47-89(83)106)98(110)114-61-65-24-12-5-13-25-65)85(51-72)94-103-92(68-34-32-67(33-35-68)79-31-15-14-27-77(79)57-100)102-93(104-94)84-50-71(69-28-16-26-66(48-69)56-99)36-42-90(84)105-86-44-38-73(95(107)111-58-62-18-6-2-7-19-62)52-80(86)81-53-74(39-45-87(81)105)96(108)112-59-63-20-8-3-9-21-63/h2-55H,58-61H2. The van der Waals surface area contributed by atoms with Gasteiger partial charge in [-0.15, -0.1) is 0 Å². The van der Waals surface area contributed by atoms with Gasteiger partial charge in [0, 0.05) is 38.2 Å². The lowest BCUT2D eigenvalue weighted by Gasteiger charge is -2.18. The van der Waals surface area contributed by atoms with Crippen molar-refractivity contribution in [1.82, 2.24) is 24.1 Å². The van der Waals surface area contributed by atoms with Crippen LogP contribution in [0.4, 0.5) is 5.69 Å². The molecule has 0 aliphatic rings. The monoisotopic (exact) mass is 1480 g/mol. The Balaban J connectivity index is 0.910. The molecule has 16 nitrogen and oxygen atoms in total. The molecule has 16 heteroatoms. The minimum absolute atomic E-state index is 0.0301. The zero-order valence-corrected chi connectivity index (χ0v) is 60.8. The van der Waals surface area contributed by atoms with E-state index in [0.29, 0.717) is 105 Å². The molecule has 0 aliphatic carbocycles. The summed E-state index contributed by atoms with van der Waals surface area (Å²) in [6.07, 6.45) is 0. The summed E-state index contributed by atoms with van der Waals surface area (Å²) < 4.78 is 27.9. The predicted molar refractivity (Wildman–Crippen MR) is 439 cm³/mol. The maximum atomic E-state index is 14.3. The van der Waals surface area contributed by atoms with E-state index in [1.807, 2.05) is 270 Å². The van der Waals surface area contributed by atoms with Gasteiger partial charge in [0.2, 0.25) is 0 Å². The Morgan fingerprint density at radius 3 is 1.06 bits per heavy atom. The lowest BCUT2D eigenvalue weighted by Crippen LogP contribution is -2.07. The number of fused-ring (bicyclic) bond motifs is 6. The topological polar surface area (TPSA) is 206 Å². The summed E-state index contributed by atoms with van der Waals surface area (Å²) in [4.78, 5) is 77.8. The van der Waals surface area contributed by atoms with Crippen LogP contribution in [0.5, 0.6) is 0 Å². The summed E-state index contributed by atoms with van der Waals surface area (Å²) in [6, 6.07) is 105. The number of nitriles is 2. The van der Waals surface area contributed by atoms with Gasteiger partial charge in [-0.25, -0.2) is 39.0 Å². The Morgan fingerprint density at radius 2 is 0.667 bits per heavy atom. The van der Waals surface area contributed by atoms with Crippen molar-refractivity contribution in [1.29, 1.82) is 10.5 Å². The molecule has 17 rings (SSSR count). The second-order valence-corrected chi connectivity index (χ2v) is 27.2. The highest BCUT2D eigenvalue weighted by Crippen LogP contribution is 2.43. The van der Waals surface area contributed by atoms with E-state index in [0.717, 1.165) is 38.9 Å². The summed E-state index contributed by atoms with van der Waals surface area (Å²) in [5.41, 5.74) is 15.2. The molecule has 0 unspecified atom stereocenters. The molecule has 114 heavy (non-hydrogen) atoms. The zero-order chi connectivity index (χ0) is 77.6. The normalized spacial score (nSPS) is 11.1. The molecule has 0 aliphatic heterocycles. The molecule has 0 saturated carbocycles. The Hall–Kier alpha value is -16.0. The fraction of sp³-hybridized carbons (Fsp3) is 0.0408. The van der Waals surface area contributed by atoms with Gasteiger partial charge in [0.05, 0.1) is 85.5 Å². The van der Waals surface area contributed by atoms with E-state index in [1.165, 1.54) is 0 Å². The molecule has 0 spiro atoms. The quantitative estimate of drug-likeness (QED) is 0.0396. The number of hydrogen-bond donors (Lipinski definition) is 0. The number of esters is 4. The van der Waals surface area contributed by atoms with Crippen molar-refractivity contribution in [3.63, 3.8) is 0 Å². The van der Waals surface area contributed by atoms with Gasteiger partial charge in [-0.1, -0.05) is 206 Å². The average molecular weight is 1480 g/mol. The minimum atomic E-state index is -0.561. The molecule has 0 bridgehead atoms. The van der Waals surface area contributed by atoms with Crippen molar-refractivity contribution in [2.75, 3.05) is 0 Å². The summed E-state index contributed by atoms with van der Waals surface area (Å²) >= 11 is 0. The number of rotatable bonds is 20. The second kappa shape index (κ2) is 31.3. The van der Waals surface area contributed by atoms with Gasteiger partial charge in [0.1, 0.15) is 26.4 Å². The van der Waals surface area contributed by atoms with E-state index < -0.39 is 23.9 Å². The van der Waals surface area contributed by atoms with Crippen LogP contribution in [0, 0.1) is 29.2 Å². The molecular formula is C98H62N8O8. The minimum Gasteiger partial charge on any atom is -0.457 e. The highest BCUT2D eigenvalue weighted by molar-refractivity contribution is 6.15. The van der Waals surface area contributed by atoms with Gasteiger partial charge >= 0.3 is 23.9 Å². The highest BCUT2D eigenvalue weighted by Gasteiger charge is 2.27. The SMILES string of the molecule is [C-]#[N+]c1cccc(-c2ccc(-n3c4ccc(C(=O)OCc5ccccc5)cc4c4cc(C(=O)OCc5ccccc5)ccc43)c(-c3nc(-c4ccc(-c5ccccc5C#N)cc4)nc(-c4cc(-c5cccc(C#N)c5)ccc4-n4c5ccc(C(=O)OCc6ccccc6)cc5c5cc(C(=O)OCc6ccccc6)ccc54)n3)c2)c1. The smallest absolute Gasteiger partial charge is 0.338 e. The van der Waals surface area contributed by atoms with Crippen LogP contribution in [0.15, 0.2) is 328 Å². The molecule has 542 valence electrons. The number of benzene rings is 14. The van der Waals surface area contributed by atoms with E-state index in [1.54, 1.807) is 66.7 Å². The molecule has 0 amide bonds. The largest absolute Gasteiger partial charge is 0.457 e. The van der Waals surface area contributed by atoms with Crippen LogP contribution in [-0.2, 0) is 45.4 Å². The first-order chi connectivity index (χ1) is 56.0. The van der Waals surface area contributed by atoms with Crippen LogP contribution in [0.25, 0.3) is 127 Å². The first kappa shape index (κ1) is 71.0. The lowest BCUT2D eigenvalue weighted by molar-refractivity contribution is 0.0464. The molecule has 0 radical (unpaired) electrons. The van der Waals surface area contributed by atoms with Gasteiger partial charge in [0.15, 0.2) is 23.2 Å². The number of carbonyl (C=O) groups excluding carboxylic acids is 4. The highest BCUT2D eigenvalue weighted by atomic mass is 16.5. The summed E-state index contributed by atoms with van der Waals surface area (Å²) in [5, 5.41) is 23.1. The molecular weight excluding hydrogens is 1420 g/mol. The maximum Gasteiger partial charge on any atom is 0.338 e. The zero-order valence-electron chi connectivity index (χ0n) is 60.8. The van der Waals surface area contributed by atoms with Crippen LogP contribution in [-0.4, -0.2) is 48.0 Å². The van der Waals surface area contributed by atoms with Crippen molar-refractivity contribution in [3.05, 3.63) is 395 Å². The van der Waals surface area contributed by atoms with E-state index in [2.05, 4.69) is 17.0 Å². The van der Waals surface area contributed by atoms with Crippen LogP contribution in [0.1, 0.15) is 74.8 Å². The number of carbonyl (C=O) groups is 4. The molecule has 3 aromatic heterocycles. The van der Waals surface area contributed by atoms with Crippen molar-refractivity contribution < 1.29 is 38.1 Å². The predicted octanol–water partition coefficient (Wildman–Crippen LogP) is 21.8. The molecule has 0 N–H and O–H groups in total. The average Bonchev–Trinajstić information content (AvgIpc) is 1.56. The van der Waals surface area contributed by atoms with E-state index in [4.69, 9.17) is 40.5 Å². The Kier molecular flexibility index (Phi) is 19.5. The van der Waals surface area contributed by atoms with Crippen molar-refractivity contribution in [2.45, 2.75) is 26.4 Å². The van der Waals surface area contributed by atoms with Gasteiger partial charge in [0.25, 0.3) is 0 Å². The first-order valence-electron chi connectivity index (χ1n) is 36.6. The molecule has 14 aromatic carbocycles. The fourth-order valence-electron chi connectivity index (χ4n) is 14.4. The number of aromatic nitrogens is 5. The summed E-state index contributed by atoms with van der Waals surface area (Å²) in [7, 11) is 0. The Morgan fingerprint density at radius 1 is 0.316 bits per heavy atom. The summed E-state index contributed by atoms with van der Waals surface area (Å²) in [6.45, 7) is 8.24. The number of nitrogens with zero attached hydrogens (tertiary/aromatic N) is 8. The second-order valence-electron chi connectivity index (χ2n) is 27.2. The van der Waals surface area contributed by atoms with Gasteiger partial charge in [-0.05, 0) is 177 Å². The number of ether oxygens (including phenoxy) is 4. The molecule has 17 aromatic rings. The van der Waals surface area contributed by atoms with Gasteiger partial charge < -0.3 is 28.1 Å². The van der Waals surface area contributed by atoms with Crippen LogP contribution in [0.2, 0.25) is 0 Å². The van der Waals surface area contributed by atoms with E-state index in [-0.39, 0.29) is 66.2 Å².